The first-order valence-corrected chi connectivity index (χ1v) is 13.1. The number of benzene rings is 3. The van der Waals surface area contributed by atoms with E-state index in [2.05, 4.69) is 71.5 Å². The van der Waals surface area contributed by atoms with Crippen LogP contribution in [0.2, 0.25) is 0 Å². The molecule has 0 aliphatic carbocycles. The van der Waals surface area contributed by atoms with Gasteiger partial charge in [0, 0.05) is 42.3 Å². The minimum atomic E-state index is 0.113. The van der Waals surface area contributed by atoms with E-state index in [1.165, 1.54) is 16.5 Å². The Balaban J connectivity index is 1.35. The van der Waals surface area contributed by atoms with Crippen LogP contribution >= 0.6 is 0 Å². The number of methoxy groups -OCH3 is 1. The molecule has 0 bridgehead atoms. The first-order valence-electron chi connectivity index (χ1n) is 13.1. The fourth-order valence-electron chi connectivity index (χ4n) is 5.56. The van der Waals surface area contributed by atoms with Gasteiger partial charge in [-0.05, 0) is 80.6 Å². The minimum absolute atomic E-state index is 0.113. The Hall–Kier alpha value is -3.70. The molecule has 1 N–H and O–H groups in total. The van der Waals surface area contributed by atoms with Crippen LogP contribution in [0.3, 0.4) is 0 Å². The molecule has 37 heavy (non-hydrogen) atoms. The summed E-state index contributed by atoms with van der Waals surface area (Å²) >= 11 is 0. The first-order chi connectivity index (χ1) is 18.0. The fraction of sp³-hybridized carbons (Fsp3) is 0.312. The first kappa shape index (κ1) is 25.0. The van der Waals surface area contributed by atoms with Crippen molar-refractivity contribution in [1.82, 2.24) is 15.2 Å². The van der Waals surface area contributed by atoms with Crippen molar-refractivity contribution >= 4 is 16.8 Å². The number of pyridine rings is 1. The molecule has 4 aromatic rings. The van der Waals surface area contributed by atoms with Crippen LogP contribution in [-0.2, 0) is 13.0 Å². The molecule has 3 aromatic carbocycles. The maximum Gasteiger partial charge on any atom is 0.254 e. The molecular formula is C32H35N3O2. The second-order valence-electron chi connectivity index (χ2n) is 10.2. The molecule has 5 nitrogen and oxygen atoms in total. The number of rotatable bonds is 7. The highest BCUT2D eigenvalue weighted by atomic mass is 16.5. The number of ether oxygens (including phenoxy) is 1. The van der Waals surface area contributed by atoms with E-state index < -0.39 is 0 Å². The van der Waals surface area contributed by atoms with Gasteiger partial charge in [0.2, 0.25) is 0 Å². The van der Waals surface area contributed by atoms with Gasteiger partial charge in [-0.2, -0.15) is 0 Å². The average molecular weight is 494 g/mol. The number of carbonyl (C=O) groups excluding carboxylic acids is 1. The molecule has 1 saturated heterocycles. The second kappa shape index (κ2) is 11.1. The number of nitrogens with zero attached hydrogens (tertiary/aromatic N) is 2. The van der Waals surface area contributed by atoms with Crippen molar-refractivity contribution in [3.05, 3.63) is 107 Å². The number of carbonyl (C=O) groups is 1. The molecule has 5 rings (SSSR count). The standard InChI is InChI=1S/C32H35N3O2/c1-22-16-23(2)18-26(17-22)32(36)35-15-13-27(20-28(35)19-24-8-10-29(37-3)11-9-24)34-21-25-12-14-33-31-7-5-4-6-30(25)31/h4-12,14,16-18,27-28,34H,13,15,19-21H2,1-3H3. The third kappa shape index (κ3) is 5.83. The maximum absolute atomic E-state index is 13.7. The van der Waals surface area contributed by atoms with Crippen LogP contribution in [0.15, 0.2) is 79.0 Å². The monoisotopic (exact) mass is 493 g/mol. The Labute approximate surface area is 219 Å². The highest BCUT2D eigenvalue weighted by Gasteiger charge is 2.32. The normalized spacial score (nSPS) is 17.6. The third-order valence-corrected chi connectivity index (χ3v) is 7.40. The second-order valence-corrected chi connectivity index (χ2v) is 10.2. The molecule has 2 atom stereocenters. The summed E-state index contributed by atoms with van der Waals surface area (Å²) in [5.41, 5.74) is 6.52. The molecule has 1 aliphatic heterocycles. The topological polar surface area (TPSA) is 54.5 Å². The van der Waals surface area contributed by atoms with E-state index in [-0.39, 0.29) is 11.9 Å². The molecule has 0 radical (unpaired) electrons. The van der Waals surface area contributed by atoms with E-state index >= 15 is 0 Å². The van der Waals surface area contributed by atoms with E-state index in [1.54, 1.807) is 7.11 Å². The zero-order valence-electron chi connectivity index (χ0n) is 21.9. The average Bonchev–Trinajstić information content (AvgIpc) is 2.91. The Morgan fingerprint density at radius 1 is 1.03 bits per heavy atom. The Morgan fingerprint density at radius 2 is 1.78 bits per heavy atom. The molecule has 0 spiro atoms. The van der Waals surface area contributed by atoms with Crippen molar-refractivity contribution in [2.45, 2.75) is 51.7 Å². The number of aryl methyl sites for hydroxylation is 2. The van der Waals surface area contributed by atoms with E-state index in [0.29, 0.717) is 6.04 Å². The van der Waals surface area contributed by atoms with Crippen molar-refractivity contribution in [3.8, 4) is 5.75 Å². The van der Waals surface area contributed by atoms with Gasteiger partial charge in [-0.1, -0.05) is 47.5 Å². The third-order valence-electron chi connectivity index (χ3n) is 7.40. The lowest BCUT2D eigenvalue weighted by molar-refractivity contribution is 0.0576. The van der Waals surface area contributed by atoms with Crippen molar-refractivity contribution in [3.63, 3.8) is 0 Å². The SMILES string of the molecule is COc1ccc(CC2CC(NCc3ccnc4ccccc34)CCN2C(=O)c2cc(C)cc(C)c2)cc1. The number of amides is 1. The molecule has 5 heteroatoms. The van der Waals surface area contributed by atoms with Gasteiger partial charge in [0.25, 0.3) is 5.91 Å². The molecule has 190 valence electrons. The summed E-state index contributed by atoms with van der Waals surface area (Å²) in [7, 11) is 1.68. The highest BCUT2D eigenvalue weighted by molar-refractivity contribution is 5.95. The molecule has 2 unspecified atom stereocenters. The van der Waals surface area contributed by atoms with Crippen molar-refractivity contribution in [1.29, 1.82) is 0 Å². The van der Waals surface area contributed by atoms with Crippen LogP contribution in [0, 0.1) is 13.8 Å². The van der Waals surface area contributed by atoms with E-state index in [1.807, 2.05) is 36.5 Å². The summed E-state index contributed by atoms with van der Waals surface area (Å²) in [6, 6.07) is 25.2. The van der Waals surface area contributed by atoms with Gasteiger partial charge in [0.15, 0.2) is 0 Å². The zero-order chi connectivity index (χ0) is 25.8. The number of fused-ring (bicyclic) bond motifs is 1. The summed E-state index contributed by atoms with van der Waals surface area (Å²) in [6.45, 7) is 5.63. The number of hydrogen-bond acceptors (Lipinski definition) is 4. The van der Waals surface area contributed by atoms with Crippen LogP contribution in [0.5, 0.6) is 5.75 Å². The van der Waals surface area contributed by atoms with Crippen LogP contribution in [0.25, 0.3) is 10.9 Å². The summed E-state index contributed by atoms with van der Waals surface area (Å²) in [5, 5.41) is 4.99. The summed E-state index contributed by atoms with van der Waals surface area (Å²) in [5.74, 6) is 0.976. The number of para-hydroxylation sites is 1. The highest BCUT2D eigenvalue weighted by Crippen LogP contribution is 2.26. The quantitative estimate of drug-likeness (QED) is 0.350. The Bertz CT molecular complexity index is 1360. The van der Waals surface area contributed by atoms with Gasteiger partial charge in [-0.25, -0.2) is 0 Å². The Morgan fingerprint density at radius 3 is 2.54 bits per heavy atom. The van der Waals surface area contributed by atoms with Crippen LogP contribution in [0.4, 0.5) is 0 Å². The zero-order valence-corrected chi connectivity index (χ0v) is 21.9. The lowest BCUT2D eigenvalue weighted by Crippen LogP contribution is -2.51. The lowest BCUT2D eigenvalue weighted by Gasteiger charge is -2.40. The minimum Gasteiger partial charge on any atom is -0.497 e. The molecule has 1 aliphatic rings. The molecule has 1 fully saturated rings. The van der Waals surface area contributed by atoms with Gasteiger partial charge >= 0.3 is 0 Å². The van der Waals surface area contributed by atoms with Gasteiger partial charge in [-0.3, -0.25) is 9.78 Å². The molecule has 1 aromatic heterocycles. The van der Waals surface area contributed by atoms with Crippen molar-refractivity contribution < 1.29 is 9.53 Å². The van der Waals surface area contributed by atoms with Crippen molar-refractivity contribution in [2.24, 2.45) is 0 Å². The predicted molar refractivity (Wildman–Crippen MR) is 149 cm³/mol. The van der Waals surface area contributed by atoms with E-state index in [4.69, 9.17) is 4.74 Å². The lowest BCUT2D eigenvalue weighted by atomic mass is 9.91. The van der Waals surface area contributed by atoms with Gasteiger partial charge in [-0.15, -0.1) is 0 Å². The van der Waals surface area contributed by atoms with Crippen LogP contribution in [0.1, 0.15) is 45.5 Å². The number of likely N-dealkylation sites (tertiary alicyclic amines) is 1. The van der Waals surface area contributed by atoms with E-state index in [0.717, 1.165) is 60.3 Å². The molecule has 0 saturated carbocycles. The van der Waals surface area contributed by atoms with Gasteiger partial charge < -0.3 is 15.0 Å². The largest absolute Gasteiger partial charge is 0.497 e. The molecular weight excluding hydrogens is 458 g/mol. The molecule has 1 amide bonds. The smallest absolute Gasteiger partial charge is 0.254 e. The number of aromatic nitrogens is 1. The summed E-state index contributed by atoms with van der Waals surface area (Å²) in [6.07, 6.45) is 4.54. The maximum atomic E-state index is 13.7. The van der Waals surface area contributed by atoms with Gasteiger partial charge in [0.05, 0.1) is 12.6 Å². The Kier molecular flexibility index (Phi) is 7.52. The van der Waals surface area contributed by atoms with Crippen LogP contribution in [-0.4, -0.2) is 41.5 Å². The number of piperidine rings is 1. The fourth-order valence-corrected chi connectivity index (χ4v) is 5.56. The predicted octanol–water partition coefficient (Wildman–Crippen LogP) is 5.87. The summed E-state index contributed by atoms with van der Waals surface area (Å²) < 4.78 is 5.34. The summed E-state index contributed by atoms with van der Waals surface area (Å²) in [4.78, 5) is 20.3. The van der Waals surface area contributed by atoms with E-state index in [9.17, 15) is 4.79 Å². The van der Waals surface area contributed by atoms with Gasteiger partial charge in [0.1, 0.15) is 5.75 Å². The number of hydrogen-bond donors (Lipinski definition) is 1. The van der Waals surface area contributed by atoms with Crippen LogP contribution < -0.4 is 10.1 Å². The molecule has 2 heterocycles. The van der Waals surface area contributed by atoms with Crippen molar-refractivity contribution in [2.75, 3.05) is 13.7 Å². The number of nitrogens with one attached hydrogen (secondary N) is 1.